The molecule has 0 amide bonds. The summed E-state index contributed by atoms with van der Waals surface area (Å²) in [7, 11) is 0. The summed E-state index contributed by atoms with van der Waals surface area (Å²) in [6.45, 7) is 0.603. The third-order valence-corrected chi connectivity index (χ3v) is 2.66. The van der Waals surface area contributed by atoms with Gasteiger partial charge in [0.1, 0.15) is 0 Å². The fourth-order valence-electron chi connectivity index (χ4n) is 1.66. The Bertz CT molecular complexity index is 391. The van der Waals surface area contributed by atoms with Crippen molar-refractivity contribution in [1.29, 1.82) is 0 Å². The summed E-state index contributed by atoms with van der Waals surface area (Å²) in [5, 5.41) is 0. The maximum Gasteiger partial charge on any atom is 0.180 e. The maximum atomic E-state index is 12.0. The highest BCUT2D eigenvalue weighted by Crippen LogP contribution is 2.11. The van der Waals surface area contributed by atoms with E-state index in [2.05, 4.69) is 0 Å². The van der Waals surface area contributed by atoms with E-state index in [9.17, 15) is 9.59 Å². The molecule has 0 fully saturated rings. The molecule has 0 saturated carbocycles. The standard InChI is InChI=1S/C13H18N2O2/c14-8-4-3-7-12(15)13(17)11-6-2-1-5-10(11)9-16/h1-2,5-6,9,12H,3-4,7-8,14-15H2/t12-/m0/s1. The van der Waals surface area contributed by atoms with E-state index >= 15 is 0 Å². The van der Waals surface area contributed by atoms with E-state index < -0.39 is 6.04 Å². The Morgan fingerprint density at radius 1 is 1.29 bits per heavy atom. The number of hydrogen-bond donors (Lipinski definition) is 2. The van der Waals surface area contributed by atoms with E-state index in [1.165, 1.54) is 0 Å². The van der Waals surface area contributed by atoms with Crippen molar-refractivity contribution in [3.8, 4) is 0 Å². The molecule has 4 nitrogen and oxygen atoms in total. The van der Waals surface area contributed by atoms with Gasteiger partial charge in [0.2, 0.25) is 0 Å². The molecule has 0 radical (unpaired) electrons. The van der Waals surface area contributed by atoms with E-state index in [0.29, 0.717) is 30.4 Å². The lowest BCUT2D eigenvalue weighted by atomic mass is 9.97. The van der Waals surface area contributed by atoms with Crippen LogP contribution in [0.4, 0.5) is 0 Å². The summed E-state index contributed by atoms with van der Waals surface area (Å²) in [5.74, 6) is -0.176. The molecule has 0 spiro atoms. The molecule has 0 unspecified atom stereocenters. The molecule has 1 rings (SSSR count). The fraction of sp³-hybridized carbons (Fsp3) is 0.385. The topological polar surface area (TPSA) is 86.2 Å². The first-order valence-electron chi connectivity index (χ1n) is 5.74. The number of nitrogens with two attached hydrogens (primary N) is 2. The molecule has 0 aliphatic carbocycles. The average molecular weight is 234 g/mol. The van der Waals surface area contributed by atoms with Gasteiger partial charge in [0.15, 0.2) is 12.1 Å². The minimum absolute atomic E-state index is 0.176. The highest BCUT2D eigenvalue weighted by Gasteiger charge is 2.17. The number of aldehydes is 1. The molecule has 92 valence electrons. The molecule has 0 heterocycles. The Morgan fingerprint density at radius 2 is 2.00 bits per heavy atom. The first-order chi connectivity index (χ1) is 8.20. The van der Waals surface area contributed by atoms with Crippen molar-refractivity contribution in [2.45, 2.75) is 25.3 Å². The highest BCUT2D eigenvalue weighted by molar-refractivity contribution is 6.05. The van der Waals surface area contributed by atoms with Gasteiger partial charge in [-0.15, -0.1) is 0 Å². The van der Waals surface area contributed by atoms with E-state index in [1.807, 2.05) is 0 Å². The molecule has 0 aromatic heterocycles. The summed E-state index contributed by atoms with van der Waals surface area (Å²) in [6.07, 6.45) is 2.96. The van der Waals surface area contributed by atoms with Crippen LogP contribution in [0.1, 0.15) is 40.0 Å². The summed E-state index contributed by atoms with van der Waals surface area (Å²) in [4.78, 5) is 22.8. The first kappa shape index (κ1) is 13.5. The smallest absolute Gasteiger partial charge is 0.180 e. The summed E-state index contributed by atoms with van der Waals surface area (Å²) in [5.41, 5.74) is 12.0. The first-order valence-corrected chi connectivity index (χ1v) is 5.74. The van der Waals surface area contributed by atoms with Crippen LogP contribution in [0, 0.1) is 0 Å². The van der Waals surface area contributed by atoms with Crippen molar-refractivity contribution >= 4 is 12.1 Å². The molecule has 0 aliphatic heterocycles. The van der Waals surface area contributed by atoms with Gasteiger partial charge in [-0.05, 0) is 19.4 Å². The molecule has 4 N–H and O–H groups in total. The Morgan fingerprint density at radius 3 is 2.65 bits per heavy atom. The SMILES string of the molecule is NCCCC[C@H](N)C(=O)c1ccccc1C=O. The van der Waals surface area contributed by atoms with Gasteiger partial charge < -0.3 is 11.5 Å². The second-order valence-corrected chi connectivity index (χ2v) is 3.96. The minimum Gasteiger partial charge on any atom is -0.330 e. The molecule has 1 aromatic carbocycles. The normalized spacial score (nSPS) is 12.1. The van der Waals surface area contributed by atoms with Crippen LogP contribution in [0.25, 0.3) is 0 Å². The Hall–Kier alpha value is -1.52. The number of carbonyl (C=O) groups excluding carboxylic acids is 2. The molecular weight excluding hydrogens is 216 g/mol. The predicted molar refractivity (Wildman–Crippen MR) is 67.0 cm³/mol. The molecule has 4 heteroatoms. The quantitative estimate of drug-likeness (QED) is 0.421. The second-order valence-electron chi connectivity index (χ2n) is 3.96. The van der Waals surface area contributed by atoms with E-state index in [1.54, 1.807) is 24.3 Å². The number of benzene rings is 1. The van der Waals surface area contributed by atoms with Crippen molar-refractivity contribution in [1.82, 2.24) is 0 Å². The van der Waals surface area contributed by atoms with Crippen molar-refractivity contribution < 1.29 is 9.59 Å². The van der Waals surface area contributed by atoms with Crippen LogP contribution in [0.3, 0.4) is 0 Å². The van der Waals surface area contributed by atoms with Gasteiger partial charge in [-0.1, -0.05) is 30.7 Å². The zero-order valence-electron chi connectivity index (χ0n) is 9.76. The van der Waals surface area contributed by atoms with Gasteiger partial charge >= 0.3 is 0 Å². The number of hydrogen-bond acceptors (Lipinski definition) is 4. The van der Waals surface area contributed by atoms with Gasteiger partial charge in [0.25, 0.3) is 0 Å². The Labute approximate surface area is 101 Å². The molecule has 1 aromatic rings. The van der Waals surface area contributed by atoms with Crippen molar-refractivity contribution in [2.75, 3.05) is 6.54 Å². The minimum atomic E-state index is -0.553. The number of Topliss-reactive ketones (excluding diaryl/α,β-unsaturated/α-hetero) is 1. The number of carbonyl (C=O) groups is 2. The van der Waals surface area contributed by atoms with Gasteiger partial charge in [-0.3, -0.25) is 9.59 Å². The monoisotopic (exact) mass is 234 g/mol. The lowest BCUT2D eigenvalue weighted by molar-refractivity contribution is 0.0950. The molecule has 0 saturated heterocycles. The number of rotatable bonds is 7. The lowest BCUT2D eigenvalue weighted by Gasteiger charge is -2.11. The Balaban J connectivity index is 2.71. The molecule has 1 atom stereocenters. The van der Waals surface area contributed by atoms with Crippen LogP contribution in [0.5, 0.6) is 0 Å². The highest BCUT2D eigenvalue weighted by atomic mass is 16.1. The number of unbranched alkanes of at least 4 members (excludes halogenated alkanes) is 1. The van der Waals surface area contributed by atoms with Gasteiger partial charge in [0, 0.05) is 11.1 Å². The number of ketones is 1. The van der Waals surface area contributed by atoms with Crippen LogP contribution in [0.15, 0.2) is 24.3 Å². The average Bonchev–Trinajstić information content (AvgIpc) is 2.38. The van der Waals surface area contributed by atoms with E-state index in [0.717, 1.165) is 12.8 Å². The van der Waals surface area contributed by atoms with E-state index in [-0.39, 0.29) is 5.78 Å². The molecule has 0 bridgehead atoms. The zero-order valence-corrected chi connectivity index (χ0v) is 9.76. The third-order valence-electron chi connectivity index (χ3n) is 2.66. The van der Waals surface area contributed by atoms with Crippen molar-refractivity contribution in [3.63, 3.8) is 0 Å². The lowest BCUT2D eigenvalue weighted by Crippen LogP contribution is -2.31. The largest absolute Gasteiger partial charge is 0.330 e. The van der Waals surface area contributed by atoms with Gasteiger partial charge in [0.05, 0.1) is 6.04 Å². The van der Waals surface area contributed by atoms with Gasteiger partial charge in [-0.2, -0.15) is 0 Å². The van der Waals surface area contributed by atoms with Crippen LogP contribution in [0.2, 0.25) is 0 Å². The molecule has 17 heavy (non-hydrogen) atoms. The molecule has 0 aliphatic rings. The van der Waals surface area contributed by atoms with Crippen LogP contribution in [-0.2, 0) is 0 Å². The van der Waals surface area contributed by atoms with Crippen LogP contribution >= 0.6 is 0 Å². The van der Waals surface area contributed by atoms with Crippen molar-refractivity contribution in [3.05, 3.63) is 35.4 Å². The molecular formula is C13H18N2O2. The van der Waals surface area contributed by atoms with Crippen molar-refractivity contribution in [2.24, 2.45) is 11.5 Å². The third kappa shape index (κ3) is 3.76. The summed E-state index contributed by atoms with van der Waals surface area (Å²) >= 11 is 0. The summed E-state index contributed by atoms with van der Waals surface area (Å²) in [6, 6.07) is 6.15. The van der Waals surface area contributed by atoms with E-state index in [4.69, 9.17) is 11.5 Å². The second kappa shape index (κ2) is 6.93. The zero-order chi connectivity index (χ0) is 12.7. The predicted octanol–water partition coefficient (Wildman–Crippen LogP) is 1.14. The maximum absolute atomic E-state index is 12.0. The van der Waals surface area contributed by atoms with Crippen LogP contribution < -0.4 is 11.5 Å². The summed E-state index contributed by atoms with van der Waals surface area (Å²) < 4.78 is 0. The Kier molecular flexibility index (Phi) is 5.52. The van der Waals surface area contributed by atoms with Gasteiger partial charge in [-0.25, -0.2) is 0 Å². The van der Waals surface area contributed by atoms with Crippen LogP contribution in [-0.4, -0.2) is 24.7 Å². The fourth-order valence-corrected chi connectivity index (χ4v) is 1.66.